The molecule has 5 rings (SSSR count). The van der Waals surface area contributed by atoms with Crippen LogP contribution in [-0.4, -0.2) is 88.3 Å². The summed E-state index contributed by atoms with van der Waals surface area (Å²) in [6.07, 6.45) is -1.30. The van der Waals surface area contributed by atoms with Crippen molar-refractivity contribution < 1.29 is 28.2 Å². The highest BCUT2D eigenvalue weighted by atomic mass is 33.1. The number of nitrogens with zero attached hydrogens (tertiary/aromatic N) is 3. The maximum Gasteiger partial charge on any atom is 0.330 e. The predicted molar refractivity (Wildman–Crippen MR) is 242 cm³/mol. The first-order chi connectivity index (χ1) is 28.6. The Balaban J connectivity index is 1.72. The Kier molecular flexibility index (Phi) is 16.4. The van der Waals surface area contributed by atoms with E-state index in [0.717, 1.165) is 16.7 Å². The monoisotopic (exact) mass is 878 g/mol. The number of nitrogens with one attached hydrogen (secondary N) is 1. The van der Waals surface area contributed by atoms with Crippen LogP contribution in [0.5, 0.6) is 11.5 Å². The molecule has 3 aromatic carbocycles. The maximum absolute atomic E-state index is 15.6. The number of rotatable bonds is 20. The molecule has 0 radical (unpaired) electrons. The Morgan fingerprint density at radius 2 is 1.45 bits per heavy atom. The quantitative estimate of drug-likeness (QED) is 0.0392. The Morgan fingerprint density at radius 1 is 0.883 bits per heavy atom. The lowest BCUT2D eigenvalue weighted by Crippen LogP contribution is -2.51. The summed E-state index contributed by atoms with van der Waals surface area (Å²) in [6.45, 7) is 14.6. The smallest absolute Gasteiger partial charge is 0.330 e. The highest BCUT2D eigenvalue weighted by Gasteiger charge is 2.55. The molecular weight excluding hydrogens is 820 g/mol. The van der Waals surface area contributed by atoms with E-state index in [-0.39, 0.29) is 42.2 Å². The van der Waals surface area contributed by atoms with E-state index in [2.05, 4.69) is 31.8 Å². The highest BCUT2D eigenvalue weighted by molar-refractivity contribution is 8.77. The molecule has 1 aromatic heterocycles. The molecule has 324 valence electrons. The summed E-state index contributed by atoms with van der Waals surface area (Å²) in [5, 5.41) is 10.00. The van der Waals surface area contributed by atoms with Crippen LogP contribution >= 0.6 is 28.9 Å². The van der Waals surface area contributed by atoms with Crippen LogP contribution in [0.15, 0.2) is 101 Å². The van der Waals surface area contributed by atoms with Gasteiger partial charge in [0.1, 0.15) is 29.3 Å². The molecular formula is C45H59N4O8PS2. The Morgan fingerprint density at radius 3 is 1.95 bits per heavy atom. The number of hydrogen-bond acceptors (Lipinski definition) is 11. The van der Waals surface area contributed by atoms with Gasteiger partial charge in [-0.1, -0.05) is 125 Å². The minimum absolute atomic E-state index is 0.0200. The van der Waals surface area contributed by atoms with Gasteiger partial charge in [-0.3, -0.25) is 14.3 Å². The molecule has 1 fully saturated rings. The van der Waals surface area contributed by atoms with Gasteiger partial charge in [0.15, 0.2) is 13.5 Å². The molecule has 4 aromatic rings. The molecule has 4 atom stereocenters. The number of hydrogen-bond donors (Lipinski definition) is 1. The van der Waals surface area contributed by atoms with Gasteiger partial charge in [0.2, 0.25) is 0 Å². The molecule has 0 spiro atoms. The number of methoxy groups -OCH3 is 2. The van der Waals surface area contributed by atoms with Crippen molar-refractivity contribution in [3.63, 3.8) is 0 Å². The summed E-state index contributed by atoms with van der Waals surface area (Å²) in [4.78, 5) is 28.3. The summed E-state index contributed by atoms with van der Waals surface area (Å²) in [5.74, 6) is 1.97. The molecule has 0 saturated carbocycles. The van der Waals surface area contributed by atoms with E-state index in [0.29, 0.717) is 17.3 Å². The number of ether oxygens (including phenoxy) is 5. The minimum atomic E-state index is -3.30. The molecule has 0 amide bonds. The van der Waals surface area contributed by atoms with Gasteiger partial charge in [0.25, 0.3) is 5.56 Å². The van der Waals surface area contributed by atoms with E-state index in [4.69, 9.17) is 23.7 Å². The van der Waals surface area contributed by atoms with Gasteiger partial charge in [-0.25, -0.2) is 9.46 Å². The SMILES string of the molecule is COc1ccc(C(OC[C@@H]2O[C@@H](n3ccc(=O)[nH]c3=O)[C@H](OCCSSC(C)(C)C)[C@@H]2N(CCC#N)P(=O)(C(C)C)C(C)C)(c2ccccc2)c2ccc(OC)cc2)cc1. The van der Waals surface area contributed by atoms with Crippen LogP contribution in [0.25, 0.3) is 0 Å². The predicted octanol–water partition coefficient (Wildman–Crippen LogP) is 8.70. The van der Waals surface area contributed by atoms with Crippen molar-refractivity contribution in [2.45, 2.75) is 101 Å². The molecule has 1 aliphatic rings. The molecule has 1 saturated heterocycles. The zero-order chi connectivity index (χ0) is 43.7. The van der Waals surface area contributed by atoms with E-state index in [1.54, 1.807) is 35.8 Å². The number of aromatic amines is 1. The van der Waals surface area contributed by atoms with Gasteiger partial charge < -0.3 is 28.2 Å². The fraction of sp³-hybridized carbons (Fsp3) is 0.489. The van der Waals surface area contributed by atoms with Crippen molar-refractivity contribution in [3.8, 4) is 17.6 Å². The van der Waals surface area contributed by atoms with Gasteiger partial charge in [0, 0.05) is 47.0 Å². The van der Waals surface area contributed by atoms with Gasteiger partial charge in [-0.15, -0.1) is 0 Å². The summed E-state index contributed by atoms with van der Waals surface area (Å²) in [5.41, 5.74) is -0.599. The van der Waals surface area contributed by atoms with Crippen molar-refractivity contribution >= 4 is 28.9 Å². The van der Waals surface area contributed by atoms with Gasteiger partial charge in [-0.05, 0) is 41.0 Å². The van der Waals surface area contributed by atoms with Crippen molar-refractivity contribution in [3.05, 3.63) is 129 Å². The first-order valence-electron chi connectivity index (χ1n) is 20.2. The standard InChI is InChI=1S/C45H59N4O8PS2/c1-31(2)58(52,32(3)4)49(26-13-25-46)40-38(57-42(48-27-24-39(50)47-43(48)51)41(40)55-28-29-59-60-44(5,6)7)30-56-45(33-14-11-10-12-15-33,34-16-20-36(53-8)21-17-34)35-18-22-37(54-9)23-19-35/h10-12,14-24,27,31-32,38,40-42H,13,26,28-30H2,1-9H3,(H,47,50,51)/t38-,40+,41+,42+/m0/s1. The van der Waals surface area contributed by atoms with E-state index >= 15 is 4.57 Å². The maximum atomic E-state index is 15.6. The Hall–Kier alpha value is -3.80. The van der Waals surface area contributed by atoms with Gasteiger partial charge >= 0.3 is 5.69 Å². The Bertz CT molecular complexity index is 2130. The molecule has 0 unspecified atom stereocenters. The normalized spacial score (nSPS) is 18.6. The molecule has 1 N–H and O–H groups in total. The van der Waals surface area contributed by atoms with Crippen molar-refractivity contribution in [1.29, 1.82) is 5.26 Å². The third kappa shape index (κ3) is 10.6. The largest absolute Gasteiger partial charge is 0.497 e. The lowest BCUT2D eigenvalue weighted by atomic mass is 9.80. The average molecular weight is 879 g/mol. The minimum Gasteiger partial charge on any atom is -0.497 e. The number of benzene rings is 3. The van der Waals surface area contributed by atoms with Gasteiger partial charge in [0.05, 0.1) is 39.5 Å². The Labute approximate surface area is 362 Å². The molecule has 15 heteroatoms. The van der Waals surface area contributed by atoms with Crippen LogP contribution in [0.2, 0.25) is 0 Å². The summed E-state index contributed by atoms with van der Waals surface area (Å²) >= 11 is 0. The molecule has 0 aliphatic carbocycles. The van der Waals surface area contributed by atoms with E-state index in [9.17, 15) is 14.9 Å². The lowest BCUT2D eigenvalue weighted by Gasteiger charge is -2.44. The van der Waals surface area contributed by atoms with Crippen molar-refractivity contribution in [2.75, 3.05) is 39.7 Å². The summed E-state index contributed by atoms with van der Waals surface area (Å²) in [6, 6.07) is 28.1. The second-order valence-electron chi connectivity index (χ2n) is 16.2. The zero-order valence-corrected chi connectivity index (χ0v) is 38.6. The number of H-pyrrole nitrogens is 1. The van der Waals surface area contributed by atoms with E-state index in [1.165, 1.54) is 16.8 Å². The van der Waals surface area contributed by atoms with Crippen LogP contribution in [0, 0.1) is 11.3 Å². The molecule has 12 nitrogen and oxygen atoms in total. The van der Waals surface area contributed by atoms with E-state index in [1.807, 2.05) is 111 Å². The van der Waals surface area contributed by atoms with Crippen molar-refractivity contribution in [2.24, 2.45) is 0 Å². The molecule has 2 heterocycles. The topological polar surface area (TPSA) is 145 Å². The second-order valence-corrected chi connectivity index (χ2v) is 23.3. The highest BCUT2D eigenvalue weighted by Crippen LogP contribution is 2.61. The average Bonchev–Trinajstić information content (AvgIpc) is 3.58. The first kappa shape index (κ1) is 47.3. The number of aromatic nitrogens is 2. The zero-order valence-electron chi connectivity index (χ0n) is 36.0. The van der Waals surface area contributed by atoms with Crippen molar-refractivity contribution in [1.82, 2.24) is 14.2 Å². The summed E-state index contributed by atoms with van der Waals surface area (Å²) < 4.78 is 51.3. The van der Waals surface area contributed by atoms with Crippen LogP contribution in [-0.2, 0) is 24.4 Å². The first-order valence-corrected chi connectivity index (χ1v) is 24.3. The third-order valence-corrected chi connectivity index (χ3v) is 18.1. The van der Waals surface area contributed by atoms with Crippen LogP contribution in [0.3, 0.4) is 0 Å². The molecule has 1 aliphatic heterocycles. The van der Waals surface area contributed by atoms with Crippen LogP contribution in [0.1, 0.15) is 77.8 Å². The van der Waals surface area contributed by atoms with Crippen LogP contribution in [0.4, 0.5) is 0 Å². The fourth-order valence-electron chi connectivity index (χ4n) is 7.84. The van der Waals surface area contributed by atoms with Gasteiger partial charge in [-0.2, -0.15) is 5.26 Å². The summed E-state index contributed by atoms with van der Waals surface area (Å²) in [7, 11) is 3.35. The molecule has 0 bridgehead atoms. The lowest BCUT2D eigenvalue weighted by molar-refractivity contribution is -0.0954. The van der Waals surface area contributed by atoms with Crippen LogP contribution < -0.4 is 20.7 Å². The van der Waals surface area contributed by atoms with E-state index < -0.39 is 48.6 Å². The number of nitriles is 1. The fourth-order valence-corrected chi connectivity index (χ4v) is 13.4. The molecule has 60 heavy (non-hydrogen) atoms. The second kappa shape index (κ2) is 20.8. The third-order valence-electron chi connectivity index (χ3n) is 10.5.